The van der Waals surface area contributed by atoms with E-state index >= 15 is 0 Å². The molecule has 1 aromatic rings. The zero-order chi connectivity index (χ0) is 14.8. The Morgan fingerprint density at radius 3 is 2.75 bits per heavy atom. The summed E-state index contributed by atoms with van der Waals surface area (Å²) in [6, 6.07) is 4.89. The minimum Gasteiger partial charge on any atom is -0.395 e. The summed E-state index contributed by atoms with van der Waals surface area (Å²) in [5.74, 6) is 0. The van der Waals surface area contributed by atoms with Gasteiger partial charge in [-0.25, -0.2) is 0 Å². The van der Waals surface area contributed by atoms with Gasteiger partial charge < -0.3 is 5.11 Å². The first kappa shape index (κ1) is 16.2. The molecule has 1 unspecified atom stereocenters. The van der Waals surface area contributed by atoms with Crippen LogP contribution in [0.15, 0.2) is 27.1 Å². The normalized spacial score (nSPS) is 20.9. The van der Waals surface area contributed by atoms with Gasteiger partial charge in [0.25, 0.3) is 0 Å². The number of hydrogen-bond donors (Lipinski definition) is 2. The highest BCUT2D eigenvalue weighted by molar-refractivity contribution is 9.11. The first-order valence-electron chi connectivity index (χ1n) is 6.29. The van der Waals surface area contributed by atoms with Crippen molar-refractivity contribution in [3.8, 4) is 0 Å². The third-order valence-electron chi connectivity index (χ3n) is 3.26. The van der Waals surface area contributed by atoms with Crippen LogP contribution in [0.4, 0.5) is 5.69 Å². The summed E-state index contributed by atoms with van der Waals surface area (Å²) in [7, 11) is -3.65. The lowest BCUT2D eigenvalue weighted by atomic mass is 10.1. The van der Waals surface area contributed by atoms with Gasteiger partial charge >= 0.3 is 10.2 Å². The fraction of sp³-hybridized carbons (Fsp3) is 0.500. The van der Waals surface area contributed by atoms with Crippen LogP contribution in [0.1, 0.15) is 19.3 Å². The van der Waals surface area contributed by atoms with Crippen LogP contribution in [-0.4, -0.2) is 37.0 Å². The topological polar surface area (TPSA) is 69.6 Å². The first-order valence-corrected chi connectivity index (χ1v) is 9.32. The lowest BCUT2D eigenvalue weighted by Gasteiger charge is -2.33. The van der Waals surface area contributed by atoms with Crippen LogP contribution in [-0.2, 0) is 10.2 Å². The monoisotopic (exact) mass is 426 g/mol. The van der Waals surface area contributed by atoms with Crippen molar-refractivity contribution in [1.29, 1.82) is 0 Å². The Morgan fingerprint density at radius 1 is 1.35 bits per heavy atom. The van der Waals surface area contributed by atoms with E-state index in [1.54, 1.807) is 18.2 Å². The van der Waals surface area contributed by atoms with Crippen molar-refractivity contribution < 1.29 is 13.5 Å². The molecule has 1 aliphatic heterocycles. The number of anilines is 1. The van der Waals surface area contributed by atoms with Gasteiger partial charge in [-0.3, -0.25) is 4.72 Å². The number of aliphatic hydroxyl groups is 1. The zero-order valence-electron chi connectivity index (χ0n) is 10.7. The van der Waals surface area contributed by atoms with Crippen LogP contribution in [0.25, 0.3) is 0 Å². The number of nitrogens with zero attached hydrogens (tertiary/aromatic N) is 1. The summed E-state index contributed by atoms with van der Waals surface area (Å²) in [6.45, 7) is 0.289. The third-order valence-corrected chi connectivity index (χ3v) is 5.99. The van der Waals surface area contributed by atoms with Gasteiger partial charge in [-0.05, 0) is 47.0 Å². The summed E-state index contributed by atoms with van der Waals surface area (Å²) in [6.07, 6.45) is 2.46. The van der Waals surface area contributed by atoms with Gasteiger partial charge in [-0.2, -0.15) is 12.7 Å². The highest BCUT2D eigenvalue weighted by Gasteiger charge is 2.32. The van der Waals surface area contributed by atoms with Gasteiger partial charge in [0.1, 0.15) is 0 Å². The van der Waals surface area contributed by atoms with Gasteiger partial charge in [-0.1, -0.05) is 22.4 Å². The van der Waals surface area contributed by atoms with Crippen molar-refractivity contribution in [1.82, 2.24) is 4.31 Å². The molecule has 1 fully saturated rings. The summed E-state index contributed by atoms with van der Waals surface area (Å²) >= 11 is 6.65. The minimum absolute atomic E-state index is 0.150. The Hall–Kier alpha value is -0.150. The molecular weight excluding hydrogens is 412 g/mol. The van der Waals surface area contributed by atoms with E-state index in [1.807, 2.05) is 0 Å². The molecule has 1 saturated heterocycles. The van der Waals surface area contributed by atoms with Gasteiger partial charge in [0.15, 0.2) is 0 Å². The van der Waals surface area contributed by atoms with E-state index in [9.17, 15) is 13.5 Å². The number of hydrogen-bond acceptors (Lipinski definition) is 3. The van der Waals surface area contributed by atoms with Crippen molar-refractivity contribution in [3.63, 3.8) is 0 Å². The molecule has 20 heavy (non-hydrogen) atoms. The number of halogens is 2. The number of rotatable bonds is 4. The Kier molecular flexibility index (Phi) is 5.47. The maximum absolute atomic E-state index is 12.4. The molecule has 1 heterocycles. The largest absolute Gasteiger partial charge is 0.395 e. The quantitative estimate of drug-likeness (QED) is 0.775. The molecule has 8 heteroatoms. The fourth-order valence-corrected chi connectivity index (χ4v) is 5.03. The molecule has 112 valence electrons. The molecule has 1 atom stereocenters. The average Bonchev–Trinajstić information content (AvgIpc) is 2.42. The average molecular weight is 428 g/mol. The van der Waals surface area contributed by atoms with E-state index < -0.39 is 10.2 Å². The van der Waals surface area contributed by atoms with Crippen LogP contribution in [0, 0.1) is 0 Å². The van der Waals surface area contributed by atoms with Crippen LogP contribution < -0.4 is 4.72 Å². The molecule has 0 aliphatic carbocycles. The Morgan fingerprint density at radius 2 is 2.10 bits per heavy atom. The minimum atomic E-state index is -3.65. The molecular formula is C12H16Br2N2O3S. The summed E-state index contributed by atoms with van der Waals surface area (Å²) < 4.78 is 30.3. The van der Waals surface area contributed by atoms with Crippen LogP contribution in [0.2, 0.25) is 0 Å². The predicted octanol–water partition coefficient (Wildman–Crippen LogP) is 2.72. The van der Waals surface area contributed by atoms with Crippen LogP contribution in [0.3, 0.4) is 0 Å². The fourth-order valence-electron chi connectivity index (χ4n) is 2.24. The second-order valence-corrected chi connectivity index (χ2v) is 8.07. The second-order valence-electron chi connectivity index (χ2n) is 4.67. The summed E-state index contributed by atoms with van der Waals surface area (Å²) in [5.41, 5.74) is 0.482. The SMILES string of the molecule is O=S(=O)(Nc1ccc(Br)cc1Br)N1CCCCC1CO. The molecule has 1 aromatic carbocycles. The number of aliphatic hydroxyl groups excluding tert-OH is 1. The number of nitrogens with one attached hydrogen (secondary N) is 1. The molecule has 5 nitrogen and oxygen atoms in total. The highest BCUT2D eigenvalue weighted by Crippen LogP contribution is 2.28. The van der Waals surface area contributed by atoms with Gasteiger partial charge in [0.2, 0.25) is 0 Å². The predicted molar refractivity (Wildman–Crippen MR) is 85.8 cm³/mol. The maximum Gasteiger partial charge on any atom is 0.302 e. The highest BCUT2D eigenvalue weighted by atomic mass is 79.9. The van der Waals surface area contributed by atoms with Crippen molar-refractivity contribution in [3.05, 3.63) is 27.1 Å². The molecule has 2 N–H and O–H groups in total. The Labute approximate surface area is 135 Å². The summed E-state index contributed by atoms with van der Waals surface area (Å²) in [4.78, 5) is 0. The molecule has 0 radical (unpaired) electrons. The number of benzene rings is 1. The van der Waals surface area contributed by atoms with E-state index in [0.29, 0.717) is 23.1 Å². The van der Waals surface area contributed by atoms with Crippen molar-refractivity contribution in [2.45, 2.75) is 25.3 Å². The Balaban J connectivity index is 2.21. The van der Waals surface area contributed by atoms with E-state index in [1.165, 1.54) is 4.31 Å². The molecule has 2 rings (SSSR count). The van der Waals surface area contributed by atoms with Crippen LogP contribution >= 0.6 is 31.9 Å². The van der Waals surface area contributed by atoms with Crippen molar-refractivity contribution in [2.24, 2.45) is 0 Å². The van der Waals surface area contributed by atoms with Gasteiger partial charge in [0, 0.05) is 21.5 Å². The molecule has 0 saturated carbocycles. The van der Waals surface area contributed by atoms with Crippen molar-refractivity contribution >= 4 is 47.8 Å². The standard InChI is InChI=1S/C12H16Br2N2O3S/c13-9-4-5-12(11(14)7-9)15-20(18,19)16-6-2-1-3-10(16)8-17/h4-5,7,10,15,17H,1-3,6,8H2. The second kappa shape index (κ2) is 6.74. The van der Waals surface area contributed by atoms with E-state index in [2.05, 4.69) is 36.6 Å². The zero-order valence-corrected chi connectivity index (χ0v) is 14.7. The lowest BCUT2D eigenvalue weighted by molar-refractivity contribution is 0.156. The molecule has 0 bridgehead atoms. The first-order chi connectivity index (χ1) is 9.44. The molecule has 0 amide bonds. The number of piperidine rings is 1. The maximum atomic E-state index is 12.4. The van der Waals surface area contributed by atoms with E-state index in [-0.39, 0.29) is 12.6 Å². The summed E-state index contributed by atoms with van der Waals surface area (Å²) in [5, 5.41) is 9.33. The molecule has 0 aromatic heterocycles. The molecule has 0 spiro atoms. The molecule has 1 aliphatic rings. The lowest BCUT2D eigenvalue weighted by Crippen LogP contribution is -2.47. The van der Waals surface area contributed by atoms with E-state index in [4.69, 9.17) is 0 Å². The van der Waals surface area contributed by atoms with E-state index in [0.717, 1.165) is 17.3 Å². The van der Waals surface area contributed by atoms with Gasteiger partial charge in [0.05, 0.1) is 12.3 Å². The smallest absolute Gasteiger partial charge is 0.302 e. The van der Waals surface area contributed by atoms with Gasteiger partial charge in [-0.15, -0.1) is 0 Å². The van der Waals surface area contributed by atoms with Crippen molar-refractivity contribution in [2.75, 3.05) is 17.9 Å². The Bertz CT molecular complexity index is 580. The third kappa shape index (κ3) is 3.73. The van der Waals surface area contributed by atoms with Crippen LogP contribution in [0.5, 0.6) is 0 Å².